The van der Waals surface area contributed by atoms with Crippen molar-refractivity contribution >= 4 is 23.5 Å². The first kappa shape index (κ1) is 14.5. The fourth-order valence-electron chi connectivity index (χ4n) is 1.74. The molecule has 0 heterocycles. The van der Waals surface area contributed by atoms with Crippen molar-refractivity contribution in [2.24, 2.45) is 0 Å². The van der Waals surface area contributed by atoms with Crippen molar-refractivity contribution in [3.8, 4) is 0 Å². The Morgan fingerprint density at radius 1 is 1.00 bits per heavy atom. The molecule has 2 rings (SSSR count). The number of halogens is 1. The molecule has 0 saturated carbocycles. The van der Waals surface area contributed by atoms with Crippen LogP contribution in [-0.4, -0.2) is 16.9 Å². The van der Waals surface area contributed by atoms with Crippen LogP contribution in [0.5, 0.6) is 0 Å². The Bertz CT molecular complexity index is 703. The van der Waals surface area contributed by atoms with E-state index >= 15 is 0 Å². The largest absolute Gasteiger partial charge is 0.478 e. The summed E-state index contributed by atoms with van der Waals surface area (Å²) < 4.78 is 12.8. The minimum atomic E-state index is -1.35. The molecular formula is C16H12FNO3. The third-order valence-corrected chi connectivity index (χ3v) is 2.83. The molecule has 0 fully saturated rings. The number of rotatable bonds is 4. The predicted octanol–water partition coefficient (Wildman–Crippen LogP) is 2.76. The monoisotopic (exact) mass is 285 g/mol. The zero-order valence-electron chi connectivity index (χ0n) is 10.9. The van der Waals surface area contributed by atoms with Crippen LogP contribution >= 0.6 is 0 Å². The first-order chi connectivity index (χ1) is 9.97. The number of hydrogen-bond donors (Lipinski definition) is 2. The molecule has 0 aromatic heterocycles. The average molecular weight is 285 g/mol. The number of benzene rings is 2. The van der Waals surface area contributed by atoms with E-state index in [-0.39, 0.29) is 5.56 Å². The maximum atomic E-state index is 12.8. The Labute approximate surface area is 120 Å². The minimum absolute atomic E-state index is 0.112. The smallest absolute Gasteiger partial charge is 0.339 e. The van der Waals surface area contributed by atoms with Crippen LogP contribution in [0.25, 0.3) is 6.08 Å². The maximum Gasteiger partial charge on any atom is 0.339 e. The fourth-order valence-corrected chi connectivity index (χ4v) is 1.74. The number of carboxylic acids is 1. The number of aliphatic carboxylic acids is 1. The normalized spacial score (nSPS) is 11.2. The van der Waals surface area contributed by atoms with Crippen LogP contribution in [0.4, 0.5) is 10.1 Å². The van der Waals surface area contributed by atoms with Crippen molar-refractivity contribution in [3.63, 3.8) is 0 Å². The summed E-state index contributed by atoms with van der Waals surface area (Å²) in [6.07, 6.45) is 1.26. The van der Waals surface area contributed by atoms with Crippen molar-refractivity contribution in [1.82, 2.24) is 0 Å². The van der Waals surface area contributed by atoms with E-state index in [1.165, 1.54) is 18.2 Å². The number of ketones is 1. The Balaban J connectivity index is 2.39. The molecule has 5 heteroatoms. The van der Waals surface area contributed by atoms with Gasteiger partial charge >= 0.3 is 5.97 Å². The second kappa shape index (κ2) is 6.00. The third-order valence-electron chi connectivity index (χ3n) is 2.83. The highest BCUT2D eigenvalue weighted by Crippen LogP contribution is 2.15. The van der Waals surface area contributed by atoms with Crippen LogP contribution in [-0.2, 0) is 4.79 Å². The molecule has 0 unspecified atom stereocenters. The van der Waals surface area contributed by atoms with E-state index in [4.69, 9.17) is 5.73 Å². The van der Waals surface area contributed by atoms with Gasteiger partial charge in [0.2, 0.25) is 0 Å². The third kappa shape index (κ3) is 3.54. The summed E-state index contributed by atoms with van der Waals surface area (Å²) in [7, 11) is 0. The summed E-state index contributed by atoms with van der Waals surface area (Å²) in [6.45, 7) is 0. The van der Waals surface area contributed by atoms with Crippen LogP contribution in [0.1, 0.15) is 15.9 Å². The van der Waals surface area contributed by atoms with Crippen LogP contribution in [0.15, 0.2) is 54.1 Å². The summed E-state index contributed by atoms with van der Waals surface area (Å²) in [4.78, 5) is 23.4. The van der Waals surface area contributed by atoms with Gasteiger partial charge in [-0.25, -0.2) is 9.18 Å². The lowest BCUT2D eigenvalue weighted by Gasteiger charge is -2.03. The topological polar surface area (TPSA) is 80.4 Å². The average Bonchev–Trinajstić information content (AvgIpc) is 2.46. The molecule has 0 saturated heterocycles. The van der Waals surface area contributed by atoms with Crippen molar-refractivity contribution in [2.75, 3.05) is 5.73 Å². The molecule has 4 nitrogen and oxygen atoms in total. The van der Waals surface area contributed by atoms with Crippen LogP contribution in [0.3, 0.4) is 0 Å². The molecular weight excluding hydrogens is 273 g/mol. The van der Waals surface area contributed by atoms with Crippen molar-refractivity contribution in [1.29, 1.82) is 0 Å². The van der Waals surface area contributed by atoms with Crippen molar-refractivity contribution < 1.29 is 19.1 Å². The zero-order chi connectivity index (χ0) is 15.4. The Morgan fingerprint density at radius 3 is 2.10 bits per heavy atom. The predicted molar refractivity (Wildman–Crippen MR) is 77.2 cm³/mol. The van der Waals surface area contributed by atoms with E-state index in [1.807, 2.05) is 0 Å². The number of nitrogens with two attached hydrogens (primary N) is 1. The molecule has 2 aromatic rings. The van der Waals surface area contributed by atoms with Gasteiger partial charge in [0.15, 0.2) is 5.78 Å². The lowest BCUT2D eigenvalue weighted by atomic mass is 10.0. The van der Waals surface area contributed by atoms with Gasteiger partial charge in [-0.2, -0.15) is 0 Å². The highest BCUT2D eigenvalue weighted by atomic mass is 19.1. The first-order valence-electron chi connectivity index (χ1n) is 6.08. The number of nitrogen functional groups attached to an aromatic ring is 1. The number of Topliss-reactive ketones (excluding diaryl/α,β-unsaturated/α-hetero) is 1. The molecule has 0 spiro atoms. The number of hydrogen-bond acceptors (Lipinski definition) is 3. The van der Waals surface area contributed by atoms with E-state index < -0.39 is 23.1 Å². The SMILES string of the molecule is Nc1ccc(C=C(C(=O)O)C(=O)c2ccc(F)cc2)cc1. The standard InChI is InChI=1S/C16H12FNO3/c17-12-5-3-11(4-6-12)15(19)14(16(20)21)9-10-1-7-13(18)8-2-10/h1-9H,18H2,(H,20,21). The number of carbonyl (C=O) groups is 2. The van der Waals surface area contributed by atoms with Crippen LogP contribution in [0, 0.1) is 5.82 Å². The van der Waals surface area contributed by atoms with Crippen molar-refractivity contribution in [3.05, 3.63) is 71.0 Å². The quantitative estimate of drug-likeness (QED) is 0.297. The summed E-state index contributed by atoms with van der Waals surface area (Å²) in [5.74, 6) is -2.52. The summed E-state index contributed by atoms with van der Waals surface area (Å²) in [6, 6.07) is 11.1. The van der Waals surface area contributed by atoms with Gasteiger partial charge in [0.25, 0.3) is 0 Å². The van der Waals surface area contributed by atoms with Gasteiger partial charge in [-0.15, -0.1) is 0 Å². The van der Waals surface area contributed by atoms with Gasteiger partial charge in [-0.05, 0) is 48.0 Å². The van der Waals surface area contributed by atoms with E-state index in [1.54, 1.807) is 24.3 Å². The molecule has 0 aliphatic rings. The van der Waals surface area contributed by atoms with Crippen molar-refractivity contribution in [2.45, 2.75) is 0 Å². The van der Waals surface area contributed by atoms with Gasteiger partial charge in [-0.1, -0.05) is 12.1 Å². The van der Waals surface area contributed by atoms with E-state index in [2.05, 4.69) is 0 Å². The van der Waals surface area contributed by atoms with Gasteiger partial charge < -0.3 is 10.8 Å². The number of carboxylic acid groups (broad SMARTS) is 1. The van der Waals surface area contributed by atoms with Crippen LogP contribution < -0.4 is 5.73 Å². The fraction of sp³-hybridized carbons (Fsp3) is 0. The molecule has 21 heavy (non-hydrogen) atoms. The summed E-state index contributed by atoms with van der Waals surface area (Å²) in [5, 5.41) is 9.19. The highest BCUT2D eigenvalue weighted by molar-refractivity contribution is 6.26. The zero-order valence-corrected chi connectivity index (χ0v) is 10.9. The molecule has 106 valence electrons. The van der Waals surface area contributed by atoms with E-state index in [0.29, 0.717) is 11.3 Å². The van der Waals surface area contributed by atoms with Gasteiger partial charge in [0.1, 0.15) is 11.4 Å². The molecule has 0 bridgehead atoms. The minimum Gasteiger partial charge on any atom is -0.478 e. The number of carbonyl (C=O) groups excluding carboxylic acids is 1. The second-order valence-corrected chi connectivity index (χ2v) is 4.37. The maximum absolute atomic E-state index is 12.8. The molecule has 2 aromatic carbocycles. The molecule has 3 N–H and O–H groups in total. The second-order valence-electron chi connectivity index (χ2n) is 4.37. The molecule has 0 radical (unpaired) electrons. The van der Waals surface area contributed by atoms with E-state index in [9.17, 15) is 19.1 Å². The lowest BCUT2D eigenvalue weighted by Crippen LogP contribution is -2.12. The van der Waals surface area contributed by atoms with E-state index in [0.717, 1.165) is 12.1 Å². The molecule has 0 amide bonds. The lowest BCUT2D eigenvalue weighted by molar-refractivity contribution is -0.132. The Kier molecular flexibility index (Phi) is 4.13. The summed E-state index contributed by atoms with van der Waals surface area (Å²) >= 11 is 0. The molecule has 0 aliphatic carbocycles. The van der Waals surface area contributed by atoms with Gasteiger partial charge in [0, 0.05) is 11.3 Å². The van der Waals surface area contributed by atoms with Gasteiger partial charge in [0.05, 0.1) is 0 Å². The van der Waals surface area contributed by atoms with Crippen LogP contribution in [0.2, 0.25) is 0 Å². The summed E-state index contributed by atoms with van der Waals surface area (Å²) in [5.41, 5.74) is 6.33. The number of anilines is 1. The Hall–Kier alpha value is -2.95. The first-order valence-corrected chi connectivity index (χ1v) is 6.08. The molecule has 0 aliphatic heterocycles. The Morgan fingerprint density at radius 2 is 1.57 bits per heavy atom. The highest BCUT2D eigenvalue weighted by Gasteiger charge is 2.19. The molecule has 0 atom stereocenters. The van der Waals surface area contributed by atoms with Gasteiger partial charge in [-0.3, -0.25) is 4.79 Å².